The maximum absolute atomic E-state index is 14.7. The highest BCUT2D eigenvalue weighted by Gasteiger charge is 2.78. The lowest BCUT2D eigenvalue weighted by Gasteiger charge is -2.38. The van der Waals surface area contributed by atoms with Gasteiger partial charge in [0.1, 0.15) is 16.8 Å². The van der Waals surface area contributed by atoms with Gasteiger partial charge in [0.2, 0.25) is 11.8 Å². The highest BCUT2D eigenvalue weighted by Crippen LogP contribution is 2.66. The third-order valence-electron chi connectivity index (χ3n) is 8.72. The number of anilines is 2. The summed E-state index contributed by atoms with van der Waals surface area (Å²) in [6, 6.07) is 16.0. The number of aryl methyl sites for hydroxylation is 1. The molecular formula is C29H23ClFN3O3. The van der Waals surface area contributed by atoms with Crippen molar-refractivity contribution >= 4 is 40.6 Å². The van der Waals surface area contributed by atoms with Crippen LogP contribution in [0.25, 0.3) is 0 Å². The summed E-state index contributed by atoms with van der Waals surface area (Å²) in [4.78, 5) is 45.2. The molecule has 8 heteroatoms. The highest BCUT2D eigenvalue weighted by atomic mass is 35.5. The standard InChI is InChI=1S/C29H23ClFN3O3/c1-15-13-19-23(20(30)14-15)33-27(37)29(19)25(24(35)16-8-10-17(31)11-9-16)28(22-7-4-12-34(22)29)18-5-2-3-6-21(18)32-26(28)36/h2-3,5-6,8-11,13-14,22,25H,4,7,12H2,1H3,(H,32,36)(H,33,37)/t22-,25-,28+,29+/m1/s1. The lowest BCUT2D eigenvalue weighted by molar-refractivity contribution is -0.128. The Balaban J connectivity index is 1.60. The molecule has 186 valence electrons. The van der Waals surface area contributed by atoms with Gasteiger partial charge in [-0.3, -0.25) is 19.3 Å². The Hall–Kier alpha value is -3.55. The number of hydrogen-bond donors (Lipinski definition) is 2. The lowest BCUT2D eigenvalue weighted by Crippen LogP contribution is -2.55. The van der Waals surface area contributed by atoms with Gasteiger partial charge in [-0.1, -0.05) is 35.9 Å². The summed E-state index contributed by atoms with van der Waals surface area (Å²) in [6.45, 7) is 2.44. The number of ketones is 1. The zero-order chi connectivity index (χ0) is 25.7. The van der Waals surface area contributed by atoms with E-state index in [0.29, 0.717) is 40.5 Å². The highest BCUT2D eigenvalue weighted by molar-refractivity contribution is 6.35. The largest absolute Gasteiger partial charge is 0.325 e. The molecule has 6 nitrogen and oxygen atoms in total. The third-order valence-corrected chi connectivity index (χ3v) is 9.02. The van der Waals surface area contributed by atoms with Gasteiger partial charge < -0.3 is 10.6 Å². The molecule has 3 aromatic rings. The molecule has 3 aromatic carbocycles. The number of amides is 2. The summed E-state index contributed by atoms with van der Waals surface area (Å²) in [7, 11) is 0. The van der Waals surface area contributed by atoms with E-state index in [0.717, 1.165) is 12.0 Å². The molecule has 4 heterocycles. The number of halogens is 2. The second-order valence-corrected chi connectivity index (χ2v) is 10.8. The molecule has 2 saturated heterocycles. The molecule has 0 bridgehead atoms. The second kappa shape index (κ2) is 7.49. The molecule has 0 aliphatic carbocycles. The van der Waals surface area contributed by atoms with Crippen LogP contribution in [0.3, 0.4) is 0 Å². The molecule has 4 aliphatic heterocycles. The number of rotatable bonds is 2. The quantitative estimate of drug-likeness (QED) is 0.480. The second-order valence-electron chi connectivity index (χ2n) is 10.4. The molecule has 4 aliphatic rings. The van der Waals surface area contributed by atoms with E-state index in [2.05, 4.69) is 15.5 Å². The van der Waals surface area contributed by atoms with Crippen molar-refractivity contribution in [2.75, 3.05) is 17.2 Å². The maximum Gasteiger partial charge on any atom is 0.250 e. The zero-order valence-electron chi connectivity index (χ0n) is 20.0. The van der Waals surface area contributed by atoms with Crippen molar-refractivity contribution in [1.29, 1.82) is 0 Å². The van der Waals surface area contributed by atoms with E-state index in [-0.39, 0.29) is 29.2 Å². The number of nitrogens with zero attached hydrogens (tertiary/aromatic N) is 1. The molecule has 4 atom stereocenters. The van der Waals surface area contributed by atoms with Crippen LogP contribution in [0.15, 0.2) is 60.7 Å². The fourth-order valence-electron chi connectivity index (χ4n) is 7.52. The fraction of sp³-hybridized carbons (Fsp3) is 0.276. The van der Waals surface area contributed by atoms with Gasteiger partial charge in [-0.15, -0.1) is 0 Å². The van der Waals surface area contributed by atoms with E-state index in [1.54, 1.807) is 6.07 Å². The predicted octanol–water partition coefficient (Wildman–Crippen LogP) is 4.80. The molecular weight excluding hydrogens is 493 g/mol. The molecule has 2 fully saturated rings. The number of carbonyl (C=O) groups is 3. The Labute approximate surface area is 217 Å². The van der Waals surface area contributed by atoms with Gasteiger partial charge >= 0.3 is 0 Å². The zero-order valence-corrected chi connectivity index (χ0v) is 20.7. The summed E-state index contributed by atoms with van der Waals surface area (Å²) in [6.07, 6.45) is 1.43. The minimum Gasteiger partial charge on any atom is -0.325 e. The lowest BCUT2D eigenvalue weighted by atomic mass is 9.60. The smallest absolute Gasteiger partial charge is 0.250 e. The number of Topliss-reactive ketones (excluding diaryl/α,β-unsaturated/α-hetero) is 1. The molecule has 0 unspecified atom stereocenters. The first-order valence-electron chi connectivity index (χ1n) is 12.4. The SMILES string of the molecule is Cc1cc(Cl)c2c(c1)[C@@]1(C(=O)N2)[C@H](C(=O)c2ccc(F)cc2)[C@@]2(C(=O)Nc3ccccc32)[C@H]2CCCN21. The minimum atomic E-state index is -1.45. The van der Waals surface area contributed by atoms with Crippen LogP contribution in [0, 0.1) is 18.7 Å². The normalized spacial score (nSPS) is 29.4. The molecule has 7 rings (SSSR count). The molecule has 0 saturated carbocycles. The summed E-state index contributed by atoms with van der Waals surface area (Å²) in [5, 5.41) is 6.38. The Kier molecular flexibility index (Phi) is 4.58. The monoisotopic (exact) mass is 515 g/mol. The number of fused-ring (bicyclic) bond motifs is 7. The van der Waals surface area contributed by atoms with Crippen LogP contribution in [0.5, 0.6) is 0 Å². The summed E-state index contributed by atoms with van der Waals surface area (Å²) >= 11 is 6.63. The van der Waals surface area contributed by atoms with E-state index in [4.69, 9.17) is 11.6 Å². The molecule has 0 radical (unpaired) electrons. The minimum absolute atomic E-state index is 0.253. The molecule has 37 heavy (non-hydrogen) atoms. The van der Waals surface area contributed by atoms with Crippen molar-refractivity contribution in [3.8, 4) is 0 Å². The molecule has 2 amide bonds. The number of hydrogen-bond acceptors (Lipinski definition) is 4. The van der Waals surface area contributed by atoms with Gasteiger partial charge in [-0.2, -0.15) is 0 Å². The van der Waals surface area contributed by atoms with Crippen LogP contribution in [0.1, 0.15) is 39.9 Å². The van der Waals surface area contributed by atoms with Crippen LogP contribution < -0.4 is 10.6 Å². The van der Waals surface area contributed by atoms with E-state index < -0.39 is 22.7 Å². The van der Waals surface area contributed by atoms with Crippen molar-refractivity contribution in [1.82, 2.24) is 4.90 Å². The first-order valence-corrected chi connectivity index (χ1v) is 12.8. The van der Waals surface area contributed by atoms with E-state index in [1.165, 1.54) is 24.3 Å². The summed E-state index contributed by atoms with van der Waals surface area (Å²) in [5.74, 6) is -2.59. The molecule has 2 N–H and O–H groups in total. The van der Waals surface area contributed by atoms with Crippen LogP contribution in [-0.2, 0) is 20.5 Å². The number of benzene rings is 3. The maximum atomic E-state index is 14.7. The van der Waals surface area contributed by atoms with Crippen molar-refractivity contribution in [3.05, 3.63) is 93.8 Å². The van der Waals surface area contributed by atoms with Crippen LogP contribution in [0.4, 0.5) is 15.8 Å². The van der Waals surface area contributed by atoms with E-state index >= 15 is 0 Å². The van der Waals surface area contributed by atoms with Gasteiger partial charge in [0.25, 0.3) is 0 Å². The van der Waals surface area contributed by atoms with E-state index in [1.807, 2.05) is 37.3 Å². The first-order chi connectivity index (χ1) is 17.8. The Morgan fingerprint density at radius 3 is 2.57 bits per heavy atom. The Morgan fingerprint density at radius 1 is 1.03 bits per heavy atom. The third kappa shape index (κ3) is 2.61. The number of carbonyl (C=O) groups excluding carboxylic acids is 3. The average Bonchev–Trinajstić information content (AvgIpc) is 3.59. The van der Waals surface area contributed by atoms with Crippen molar-refractivity contribution < 1.29 is 18.8 Å². The van der Waals surface area contributed by atoms with Gasteiger partial charge in [0, 0.05) is 22.9 Å². The summed E-state index contributed by atoms with van der Waals surface area (Å²) in [5.41, 5.74) is 0.792. The summed E-state index contributed by atoms with van der Waals surface area (Å²) < 4.78 is 13.8. The molecule has 2 spiro atoms. The van der Waals surface area contributed by atoms with Gasteiger partial charge in [0.15, 0.2) is 5.78 Å². The van der Waals surface area contributed by atoms with Gasteiger partial charge in [-0.05, 0) is 73.8 Å². The van der Waals surface area contributed by atoms with Crippen LogP contribution in [-0.4, -0.2) is 35.1 Å². The number of para-hydroxylation sites is 1. The predicted molar refractivity (Wildman–Crippen MR) is 137 cm³/mol. The van der Waals surface area contributed by atoms with Crippen LogP contribution >= 0.6 is 11.6 Å². The fourth-order valence-corrected chi connectivity index (χ4v) is 7.84. The Bertz CT molecular complexity index is 1540. The van der Waals surface area contributed by atoms with Gasteiger partial charge in [-0.25, -0.2) is 4.39 Å². The van der Waals surface area contributed by atoms with Crippen molar-refractivity contribution in [3.63, 3.8) is 0 Å². The first kappa shape index (κ1) is 22.6. The van der Waals surface area contributed by atoms with Crippen LogP contribution in [0.2, 0.25) is 5.02 Å². The van der Waals surface area contributed by atoms with Gasteiger partial charge in [0.05, 0.1) is 16.6 Å². The van der Waals surface area contributed by atoms with E-state index in [9.17, 15) is 18.8 Å². The van der Waals surface area contributed by atoms with Crippen molar-refractivity contribution in [2.45, 2.75) is 36.8 Å². The Morgan fingerprint density at radius 2 is 1.78 bits per heavy atom. The number of nitrogens with one attached hydrogen (secondary N) is 2. The average molecular weight is 516 g/mol. The van der Waals surface area contributed by atoms with Crippen molar-refractivity contribution in [2.24, 2.45) is 5.92 Å². The topological polar surface area (TPSA) is 78.5 Å². The molecule has 0 aromatic heterocycles.